The highest BCUT2D eigenvalue weighted by atomic mass is 19.1. The van der Waals surface area contributed by atoms with E-state index in [1.165, 1.54) is 6.07 Å². The van der Waals surface area contributed by atoms with Gasteiger partial charge < -0.3 is 4.98 Å². The van der Waals surface area contributed by atoms with E-state index in [1.54, 1.807) is 13.0 Å². The Morgan fingerprint density at radius 1 is 1.24 bits per heavy atom. The number of aryl methyl sites for hydroxylation is 2. The molecule has 1 fully saturated rings. The summed E-state index contributed by atoms with van der Waals surface area (Å²) in [5.41, 5.74) is 1.24. The number of hydrogen-bond acceptors (Lipinski definition) is 3. The number of nitrogens with zero attached hydrogens (tertiary/aromatic N) is 1. The molecule has 1 aliphatic heterocycles. The maximum Gasteiger partial charge on any atom is 0.325 e. The lowest BCUT2D eigenvalue weighted by Gasteiger charge is -2.32. The van der Waals surface area contributed by atoms with Crippen molar-refractivity contribution in [1.29, 1.82) is 0 Å². The Balaban J connectivity index is 1.61. The van der Waals surface area contributed by atoms with Gasteiger partial charge in [0.2, 0.25) is 0 Å². The van der Waals surface area contributed by atoms with E-state index in [9.17, 15) is 14.0 Å². The Hall–Kier alpha value is -2.21. The zero-order chi connectivity index (χ0) is 17.8. The van der Waals surface area contributed by atoms with Crippen LogP contribution < -0.4 is 11.2 Å². The third kappa shape index (κ3) is 4.45. The van der Waals surface area contributed by atoms with Crippen molar-refractivity contribution >= 4 is 0 Å². The number of likely N-dealkylation sites (tertiary alicyclic amines) is 1. The second-order valence-corrected chi connectivity index (χ2v) is 6.89. The van der Waals surface area contributed by atoms with Crippen molar-refractivity contribution in [2.75, 3.05) is 13.1 Å². The summed E-state index contributed by atoms with van der Waals surface area (Å²) >= 11 is 0. The van der Waals surface area contributed by atoms with Crippen molar-refractivity contribution in [2.24, 2.45) is 5.92 Å². The molecule has 0 spiro atoms. The standard InChI is InChI=1S/C19H24FN3O2/c1-13-16(18(24)22-19(25)21-13)12-23-10-4-5-14(11-23)8-9-15-6-2-3-7-17(15)20/h2-3,6-7,14H,4-5,8-12H2,1H3,(H2,21,22,24,25)/t14-/m1/s1. The SMILES string of the molecule is Cc1[nH]c(=O)[nH]c(=O)c1CN1CCC[C@H](CCc2ccccc2F)C1. The second-order valence-electron chi connectivity index (χ2n) is 6.89. The number of benzene rings is 1. The van der Waals surface area contributed by atoms with E-state index >= 15 is 0 Å². The van der Waals surface area contributed by atoms with Gasteiger partial charge in [0, 0.05) is 18.8 Å². The normalized spacial score (nSPS) is 18.4. The fourth-order valence-electron chi connectivity index (χ4n) is 3.63. The zero-order valence-corrected chi connectivity index (χ0v) is 14.5. The highest BCUT2D eigenvalue weighted by molar-refractivity contribution is 5.17. The Morgan fingerprint density at radius 2 is 2.04 bits per heavy atom. The lowest BCUT2D eigenvalue weighted by atomic mass is 9.91. The highest BCUT2D eigenvalue weighted by Gasteiger charge is 2.21. The van der Waals surface area contributed by atoms with Gasteiger partial charge in [0.25, 0.3) is 5.56 Å². The van der Waals surface area contributed by atoms with E-state index in [4.69, 9.17) is 0 Å². The van der Waals surface area contributed by atoms with Gasteiger partial charge in [0.15, 0.2) is 0 Å². The Labute approximate surface area is 145 Å². The minimum atomic E-state index is -0.465. The number of aromatic nitrogens is 2. The molecule has 2 aromatic rings. The van der Waals surface area contributed by atoms with Crippen LogP contribution in [-0.4, -0.2) is 28.0 Å². The lowest BCUT2D eigenvalue weighted by Crippen LogP contribution is -2.38. The molecule has 0 saturated carbocycles. The Bertz CT molecular complexity index is 843. The van der Waals surface area contributed by atoms with Crippen LogP contribution >= 0.6 is 0 Å². The van der Waals surface area contributed by atoms with E-state index in [-0.39, 0.29) is 11.4 Å². The van der Waals surface area contributed by atoms with Crippen LogP contribution in [0.2, 0.25) is 0 Å². The molecule has 6 heteroatoms. The van der Waals surface area contributed by atoms with Gasteiger partial charge in [-0.05, 0) is 56.7 Å². The third-order valence-electron chi connectivity index (χ3n) is 5.02. The molecule has 2 heterocycles. The number of piperidine rings is 1. The van der Waals surface area contributed by atoms with Crippen LogP contribution in [0.15, 0.2) is 33.9 Å². The van der Waals surface area contributed by atoms with Gasteiger partial charge in [-0.3, -0.25) is 14.7 Å². The summed E-state index contributed by atoms with van der Waals surface area (Å²) in [6.07, 6.45) is 3.88. The average molecular weight is 345 g/mol. The number of halogens is 1. The topological polar surface area (TPSA) is 69.0 Å². The summed E-state index contributed by atoms with van der Waals surface area (Å²) in [4.78, 5) is 30.5. The summed E-state index contributed by atoms with van der Waals surface area (Å²) in [6.45, 7) is 4.13. The molecule has 1 atom stereocenters. The maximum atomic E-state index is 13.8. The maximum absolute atomic E-state index is 13.8. The zero-order valence-electron chi connectivity index (χ0n) is 14.5. The van der Waals surface area contributed by atoms with Crippen LogP contribution in [0.3, 0.4) is 0 Å². The number of aromatic amines is 2. The molecule has 1 aromatic heterocycles. The molecule has 0 amide bonds. The van der Waals surface area contributed by atoms with E-state index in [1.807, 2.05) is 12.1 Å². The first-order chi connectivity index (χ1) is 12.0. The number of H-pyrrole nitrogens is 2. The van der Waals surface area contributed by atoms with E-state index < -0.39 is 5.69 Å². The molecule has 134 valence electrons. The van der Waals surface area contributed by atoms with Crippen molar-refractivity contribution in [3.63, 3.8) is 0 Å². The molecule has 0 aliphatic carbocycles. The molecule has 0 bridgehead atoms. The first-order valence-electron chi connectivity index (χ1n) is 8.81. The molecule has 1 saturated heterocycles. The first kappa shape index (κ1) is 17.6. The lowest BCUT2D eigenvalue weighted by molar-refractivity contribution is 0.160. The van der Waals surface area contributed by atoms with Crippen LogP contribution in [0, 0.1) is 18.7 Å². The van der Waals surface area contributed by atoms with Gasteiger partial charge in [-0.1, -0.05) is 18.2 Å². The molecular formula is C19H24FN3O2. The minimum absolute atomic E-state index is 0.134. The van der Waals surface area contributed by atoms with Gasteiger partial charge in [0.05, 0.1) is 5.56 Å². The number of hydrogen-bond donors (Lipinski definition) is 2. The second kappa shape index (κ2) is 7.78. The largest absolute Gasteiger partial charge is 0.325 e. The smallest absolute Gasteiger partial charge is 0.311 e. The van der Waals surface area contributed by atoms with Crippen LogP contribution in [-0.2, 0) is 13.0 Å². The summed E-state index contributed by atoms with van der Waals surface area (Å²) in [5, 5.41) is 0. The van der Waals surface area contributed by atoms with Crippen molar-refractivity contribution in [3.05, 3.63) is 67.7 Å². The van der Waals surface area contributed by atoms with Gasteiger partial charge in [-0.2, -0.15) is 0 Å². The quantitative estimate of drug-likeness (QED) is 0.874. The Morgan fingerprint density at radius 3 is 2.80 bits per heavy atom. The van der Waals surface area contributed by atoms with E-state index in [2.05, 4.69) is 14.9 Å². The van der Waals surface area contributed by atoms with Gasteiger partial charge >= 0.3 is 5.69 Å². The summed E-state index contributed by atoms with van der Waals surface area (Å²) in [7, 11) is 0. The predicted octanol–water partition coefficient (Wildman–Crippen LogP) is 2.36. The summed E-state index contributed by atoms with van der Waals surface area (Å²) < 4.78 is 13.8. The van der Waals surface area contributed by atoms with Crippen molar-refractivity contribution < 1.29 is 4.39 Å². The van der Waals surface area contributed by atoms with Crippen LogP contribution in [0.5, 0.6) is 0 Å². The fraction of sp³-hybridized carbons (Fsp3) is 0.474. The summed E-state index contributed by atoms with van der Waals surface area (Å²) in [6, 6.07) is 6.94. The number of rotatable bonds is 5. The highest BCUT2D eigenvalue weighted by Crippen LogP contribution is 2.23. The third-order valence-corrected chi connectivity index (χ3v) is 5.02. The monoisotopic (exact) mass is 345 g/mol. The summed E-state index contributed by atoms with van der Waals surface area (Å²) in [5.74, 6) is 0.362. The molecule has 0 unspecified atom stereocenters. The molecule has 3 rings (SSSR count). The molecule has 25 heavy (non-hydrogen) atoms. The first-order valence-corrected chi connectivity index (χ1v) is 8.81. The van der Waals surface area contributed by atoms with Crippen molar-refractivity contribution in [3.8, 4) is 0 Å². The Kier molecular flexibility index (Phi) is 5.48. The molecule has 2 N–H and O–H groups in total. The van der Waals surface area contributed by atoms with Gasteiger partial charge in [-0.15, -0.1) is 0 Å². The molecule has 5 nitrogen and oxygen atoms in total. The van der Waals surface area contributed by atoms with Gasteiger partial charge in [-0.25, -0.2) is 9.18 Å². The number of nitrogens with one attached hydrogen (secondary N) is 2. The molecule has 1 aliphatic rings. The van der Waals surface area contributed by atoms with Gasteiger partial charge in [0.1, 0.15) is 5.82 Å². The van der Waals surface area contributed by atoms with E-state index in [0.717, 1.165) is 44.3 Å². The van der Waals surface area contributed by atoms with Crippen LogP contribution in [0.1, 0.15) is 36.1 Å². The molecule has 1 aromatic carbocycles. The molecule has 0 radical (unpaired) electrons. The predicted molar refractivity (Wildman–Crippen MR) is 95.1 cm³/mol. The van der Waals surface area contributed by atoms with E-state index in [0.29, 0.717) is 23.7 Å². The average Bonchev–Trinajstić information content (AvgIpc) is 2.58. The fourth-order valence-corrected chi connectivity index (χ4v) is 3.63. The van der Waals surface area contributed by atoms with Crippen LogP contribution in [0.25, 0.3) is 0 Å². The minimum Gasteiger partial charge on any atom is -0.311 e. The van der Waals surface area contributed by atoms with Crippen molar-refractivity contribution in [2.45, 2.75) is 39.2 Å². The molecular weight excluding hydrogens is 321 g/mol. The van der Waals surface area contributed by atoms with Crippen LogP contribution in [0.4, 0.5) is 4.39 Å². The van der Waals surface area contributed by atoms with Crippen molar-refractivity contribution in [1.82, 2.24) is 14.9 Å².